The summed E-state index contributed by atoms with van der Waals surface area (Å²) >= 11 is 0. The minimum absolute atomic E-state index is 0.331. The molecule has 0 aliphatic rings. The zero-order valence-electron chi connectivity index (χ0n) is 26.3. The van der Waals surface area contributed by atoms with Crippen molar-refractivity contribution in [1.82, 2.24) is 10.6 Å². The largest absolute Gasteiger partial charge is 0.481 e. The number of Topliss-reactive ketones (excluding diaryl/α,β-unsaturated/α-hetero) is 1. The van der Waals surface area contributed by atoms with E-state index in [1.54, 1.807) is 84.9 Å². The second-order valence-corrected chi connectivity index (χ2v) is 13.5. The number of amides is 3. The van der Waals surface area contributed by atoms with E-state index in [9.17, 15) is 33.6 Å². The number of ketones is 1. The monoisotopic (exact) mass is 659 g/mol. The fraction of sp³-hybridized carbons (Fsp3) is 0.229. The standard InChI is InChI=1S/C31H28N3O8P.C4H10/c35-27(20-42-43(41,22-12-3-1-4-13-22)23-14-5-2-6-15-23)26(18-29(37)38)33-28(36)19-32-30(39)31(40)34-25-17-9-11-21-10-7-8-16-24(21)25;1-4(2)3/h1-17,26H,18-20H2,(H,32,39)(H,33,36)(H,34,40)(H,37,38);4H,1-3H3/t26-;/m0./s1. The summed E-state index contributed by atoms with van der Waals surface area (Å²) in [5.74, 6) is -4.44. The number of hydrogen-bond donors (Lipinski definition) is 4. The lowest BCUT2D eigenvalue weighted by Gasteiger charge is -2.21. The zero-order valence-corrected chi connectivity index (χ0v) is 27.2. The molecule has 0 heterocycles. The van der Waals surface area contributed by atoms with Gasteiger partial charge in [0, 0.05) is 21.7 Å². The van der Waals surface area contributed by atoms with E-state index in [-0.39, 0.29) is 0 Å². The highest BCUT2D eigenvalue weighted by atomic mass is 31.2. The number of hydrogen-bond acceptors (Lipinski definition) is 7. The van der Waals surface area contributed by atoms with Gasteiger partial charge in [-0.25, -0.2) is 0 Å². The van der Waals surface area contributed by atoms with Gasteiger partial charge in [0.05, 0.1) is 13.0 Å². The van der Waals surface area contributed by atoms with Gasteiger partial charge in [-0.1, -0.05) is 93.6 Å². The van der Waals surface area contributed by atoms with Crippen LogP contribution >= 0.6 is 7.37 Å². The predicted molar refractivity (Wildman–Crippen MR) is 181 cm³/mol. The van der Waals surface area contributed by atoms with Crippen LogP contribution < -0.4 is 26.6 Å². The Bertz CT molecular complexity index is 1690. The smallest absolute Gasteiger partial charge is 0.313 e. The Morgan fingerprint density at radius 1 is 0.745 bits per heavy atom. The maximum atomic E-state index is 14.0. The Labute approximate surface area is 273 Å². The normalized spacial score (nSPS) is 11.5. The van der Waals surface area contributed by atoms with E-state index in [2.05, 4.69) is 36.7 Å². The van der Waals surface area contributed by atoms with Crippen molar-refractivity contribution in [3.8, 4) is 0 Å². The molecule has 1 atom stereocenters. The molecule has 4 aromatic rings. The van der Waals surface area contributed by atoms with Crippen LogP contribution in [0.2, 0.25) is 0 Å². The molecule has 4 N–H and O–H groups in total. The lowest BCUT2D eigenvalue weighted by atomic mass is 10.1. The van der Waals surface area contributed by atoms with Crippen molar-refractivity contribution in [2.45, 2.75) is 33.2 Å². The van der Waals surface area contributed by atoms with Gasteiger partial charge in [0.25, 0.3) is 7.37 Å². The second kappa shape index (κ2) is 17.5. The molecule has 0 aliphatic carbocycles. The second-order valence-electron chi connectivity index (χ2n) is 11.1. The number of carbonyl (C=O) groups is 5. The average molecular weight is 660 g/mol. The average Bonchev–Trinajstić information content (AvgIpc) is 3.06. The zero-order chi connectivity index (χ0) is 34.4. The number of nitrogens with one attached hydrogen (secondary N) is 3. The van der Waals surface area contributed by atoms with Crippen LogP contribution in [0, 0.1) is 5.92 Å². The van der Waals surface area contributed by atoms with Gasteiger partial charge in [-0.15, -0.1) is 0 Å². The van der Waals surface area contributed by atoms with E-state index in [4.69, 9.17) is 4.52 Å². The highest BCUT2D eigenvalue weighted by molar-refractivity contribution is 7.74. The van der Waals surface area contributed by atoms with Crippen LogP contribution in [0.15, 0.2) is 103 Å². The maximum absolute atomic E-state index is 14.0. The van der Waals surface area contributed by atoms with Crippen molar-refractivity contribution in [3.63, 3.8) is 0 Å². The van der Waals surface area contributed by atoms with Gasteiger partial charge in [0.15, 0.2) is 5.78 Å². The van der Waals surface area contributed by atoms with Crippen molar-refractivity contribution in [3.05, 3.63) is 103 Å². The molecule has 0 unspecified atom stereocenters. The Kier molecular flexibility index (Phi) is 13.6. The topological polar surface area (TPSA) is 168 Å². The van der Waals surface area contributed by atoms with Crippen molar-refractivity contribution in [2.75, 3.05) is 18.5 Å². The summed E-state index contributed by atoms with van der Waals surface area (Å²) in [4.78, 5) is 61.8. The molecule has 0 aromatic heterocycles. The van der Waals surface area contributed by atoms with Crippen LogP contribution in [0.4, 0.5) is 5.69 Å². The van der Waals surface area contributed by atoms with Gasteiger partial charge in [0.2, 0.25) is 5.91 Å². The van der Waals surface area contributed by atoms with Crippen LogP contribution in [0.5, 0.6) is 0 Å². The Morgan fingerprint density at radius 2 is 1.28 bits per heavy atom. The molecular weight excluding hydrogens is 621 g/mol. The summed E-state index contributed by atoms with van der Waals surface area (Å²) < 4.78 is 19.6. The van der Waals surface area contributed by atoms with Gasteiger partial charge in [-0.3, -0.25) is 28.5 Å². The summed E-state index contributed by atoms with van der Waals surface area (Å²) in [6, 6.07) is 27.4. The fourth-order valence-corrected chi connectivity index (χ4v) is 6.26. The minimum Gasteiger partial charge on any atom is -0.481 e. The third-order valence-corrected chi connectivity index (χ3v) is 8.79. The van der Waals surface area contributed by atoms with E-state index in [0.29, 0.717) is 21.7 Å². The third kappa shape index (κ3) is 11.0. The van der Waals surface area contributed by atoms with Crippen LogP contribution in [0.25, 0.3) is 10.8 Å². The lowest BCUT2D eigenvalue weighted by Crippen LogP contribution is -2.48. The van der Waals surface area contributed by atoms with E-state index >= 15 is 0 Å². The van der Waals surface area contributed by atoms with Gasteiger partial charge < -0.3 is 25.6 Å². The third-order valence-electron chi connectivity index (χ3n) is 6.34. The molecule has 47 heavy (non-hydrogen) atoms. The fourth-order valence-electron chi connectivity index (χ4n) is 4.22. The van der Waals surface area contributed by atoms with E-state index in [0.717, 1.165) is 11.3 Å². The molecule has 0 aliphatic heterocycles. The molecule has 246 valence electrons. The first kappa shape index (κ1) is 36.3. The SMILES string of the molecule is CC(C)C.O=C(O)C[C@H](NC(=O)CNC(=O)C(=O)Nc1cccc2ccccc12)C(=O)COP(=O)(c1ccccc1)c1ccccc1. The van der Waals surface area contributed by atoms with Crippen LogP contribution in [-0.4, -0.2) is 53.8 Å². The molecule has 4 rings (SSSR count). The molecule has 11 nitrogen and oxygen atoms in total. The molecule has 0 radical (unpaired) electrons. The molecule has 0 saturated carbocycles. The summed E-state index contributed by atoms with van der Waals surface area (Å²) in [7, 11) is -3.75. The number of anilines is 1. The first-order valence-corrected chi connectivity index (χ1v) is 16.5. The number of fused-ring (bicyclic) bond motifs is 1. The summed E-state index contributed by atoms with van der Waals surface area (Å²) in [6.45, 7) is 5.03. The quantitative estimate of drug-likeness (QED) is 0.131. The van der Waals surface area contributed by atoms with Crippen molar-refractivity contribution < 1.29 is 38.2 Å². The van der Waals surface area contributed by atoms with Crippen molar-refractivity contribution in [2.24, 2.45) is 5.92 Å². The molecule has 3 amide bonds. The lowest BCUT2D eigenvalue weighted by molar-refractivity contribution is -0.140. The van der Waals surface area contributed by atoms with Gasteiger partial charge in [0.1, 0.15) is 12.6 Å². The number of rotatable bonds is 12. The molecule has 4 aromatic carbocycles. The summed E-state index contributed by atoms with van der Waals surface area (Å²) in [5.41, 5.74) is 0.401. The molecule has 0 bridgehead atoms. The van der Waals surface area contributed by atoms with Crippen LogP contribution in [-0.2, 0) is 33.1 Å². The number of aliphatic carboxylic acids is 1. The summed E-state index contributed by atoms with van der Waals surface area (Å²) in [6.07, 6.45) is -0.787. The highest BCUT2D eigenvalue weighted by Crippen LogP contribution is 2.44. The number of carboxylic acid groups (broad SMARTS) is 1. The van der Waals surface area contributed by atoms with Crippen molar-refractivity contribution in [1.29, 1.82) is 0 Å². The maximum Gasteiger partial charge on any atom is 0.313 e. The van der Waals surface area contributed by atoms with Gasteiger partial charge in [-0.2, -0.15) is 0 Å². The Hall–Kier alpha value is -5.12. The molecule has 0 spiro atoms. The Balaban J connectivity index is 0.00000142. The van der Waals surface area contributed by atoms with E-state index in [1.165, 1.54) is 0 Å². The first-order chi connectivity index (χ1) is 22.4. The number of carboxylic acids is 1. The molecular formula is C35H38N3O8P. The summed E-state index contributed by atoms with van der Waals surface area (Å²) in [5, 5.41) is 18.4. The van der Waals surface area contributed by atoms with Gasteiger partial charge >= 0.3 is 17.8 Å². The Morgan fingerprint density at radius 3 is 1.85 bits per heavy atom. The van der Waals surface area contributed by atoms with Crippen LogP contribution in [0.1, 0.15) is 27.2 Å². The number of carbonyl (C=O) groups excluding carboxylic acids is 4. The first-order valence-electron chi connectivity index (χ1n) is 14.9. The van der Waals surface area contributed by atoms with Gasteiger partial charge in [-0.05, 0) is 41.6 Å². The van der Waals surface area contributed by atoms with Crippen LogP contribution in [0.3, 0.4) is 0 Å². The van der Waals surface area contributed by atoms with Crippen molar-refractivity contribution >= 4 is 63.9 Å². The number of benzene rings is 4. The molecule has 12 heteroatoms. The van der Waals surface area contributed by atoms with E-state index in [1.807, 2.05) is 18.2 Å². The molecule has 0 fully saturated rings. The van der Waals surface area contributed by atoms with E-state index < -0.39 is 62.5 Å². The highest BCUT2D eigenvalue weighted by Gasteiger charge is 2.32. The molecule has 0 saturated heterocycles. The predicted octanol–water partition coefficient (Wildman–Crippen LogP) is 4.03. The minimum atomic E-state index is -3.75.